The molecule has 0 saturated carbocycles. The van der Waals surface area contributed by atoms with E-state index in [1.807, 2.05) is 30.3 Å². The standard InChI is InChI=1S/C20H21NO4/c1-20(2,19(23)24)15-7-6-14-12-21(18(22)17(14)10-15)11-13-4-8-16(25-3)9-5-13/h4-10H,11-12H2,1-3H3,(H,23,24). The van der Waals surface area contributed by atoms with Gasteiger partial charge in [0.15, 0.2) is 0 Å². The zero-order valence-electron chi connectivity index (χ0n) is 14.6. The number of carboxylic acids is 1. The third-order valence-electron chi connectivity index (χ3n) is 4.78. The summed E-state index contributed by atoms with van der Waals surface area (Å²) in [6.07, 6.45) is 0. The van der Waals surface area contributed by atoms with Crippen LogP contribution in [0.25, 0.3) is 0 Å². The summed E-state index contributed by atoms with van der Waals surface area (Å²) in [5.41, 5.74) is 2.16. The summed E-state index contributed by atoms with van der Waals surface area (Å²) in [7, 11) is 1.62. The number of ether oxygens (including phenoxy) is 1. The molecule has 2 aromatic carbocycles. The van der Waals surface area contributed by atoms with Crippen molar-refractivity contribution < 1.29 is 19.4 Å². The molecule has 0 saturated heterocycles. The van der Waals surface area contributed by atoms with E-state index in [-0.39, 0.29) is 5.91 Å². The lowest BCUT2D eigenvalue weighted by molar-refractivity contribution is -0.142. The van der Waals surface area contributed by atoms with Gasteiger partial charge in [0, 0.05) is 18.7 Å². The third kappa shape index (κ3) is 3.09. The SMILES string of the molecule is COc1ccc(CN2Cc3ccc(C(C)(C)C(=O)O)cc3C2=O)cc1. The average Bonchev–Trinajstić information content (AvgIpc) is 2.91. The molecule has 2 aromatic rings. The summed E-state index contributed by atoms with van der Waals surface area (Å²) in [6, 6.07) is 13.0. The van der Waals surface area contributed by atoms with Gasteiger partial charge in [-0.3, -0.25) is 9.59 Å². The Kier molecular flexibility index (Phi) is 4.25. The fraction of sp³-hybridized carbons (Fsp3) is 0.300. The topological polar surface area (TPSA) is 66.8 Å². The summed E-state index contributed by atoms with van der Waals surface area (Å²) in [5, 5.41) is 9.39. The quantitative estimate of drug-likeness (QED) is 0.908. The number of carbonyl (C=O) groups excluding carboxylic acids is 1. The maximum absolute atomic E-state index is 12.7. The number of carbonyl (C=O) groups is 2. The van der Waals surface area contributed by atoms with Crippen molar-refractivity contribution in [3.05, 3.63) is 64.7 Å². The van der Waals surface area contributed by atoms with Gasteiger partial charge >= 0.3 is 5.97 Å². The number of amides is 1. The van der Waals surface area contributed by atoms with Gasteiger partial charge in [-0.1, -0.05) is 24.3 Å². The molecule has 25 heavy (non-hydrogen) atoms. The van der Waals surface area contributed by atoms with Crippen LogP contribution < -0.4 is 4.74 Å². The van der Waals surface area contributed by atoms with Crippen molar-refractivity contribution in [3.63, 3.8) is 0 Å². The molecule has 1 aliphatic heterocycles. The van der Waals surface area contributed by atoms with Gasteiger partial charge in [0.1, 0.15) is 5.75 Å². The number of nitrogens with zero attached hydrogens (tertiary/aromatic N) is 1. The molecule has 5 nitrogen and oxygen atoms in total. The van der Waals surface area contributed by atoms with Gasteiger partial charge in [-0.25, -0.2) is 0 Å². The molecule has 0 atom stereocenters. The molecule has 1 heterocycles. The summed E-state index contributed by atoms with van der Waals surface area (Å²) in [4.78, 5) is 26.0. The largest absolute Gasteiger partial charge is 0.497 e. The van der Waals surface area contributed by atoms with E-state index in [9.17, 15) is 14.7 Å². The zero-order valence-corrected chi connectivity index (χ0v) is 14.6. The summed E-state index contributed by atoms with van der Waals surface area (Å²) in [5.74, 6) is -0.192. The van der Waals surface area contributed by atoms with E-state index in [1.54, 1.807) is 38.0 Å². The lowest BCUT2D eigenvalue weighted by Gasteiger charge is -2.20. The molecule has 0 aliphatic carbocycles. The molecule has 130 valence electrons. The van der Waals surface area contributed by atoms with E-state index in [0.29, 0.717) is 24.2 Å². The van der Waals surface area contributed by atoms with Crippen LogP contribution >= 0.6 is 0 Å². The van der Waals surface area contributed by atoms with Crippen LogP contribution in [0.4, 0.5) is 0 Å². The minimum absolute atomic E-state index is 0.0612. The number of rotatable bonds is 5. The molecular weight excluding hydrogens is 318 g/mol. The Hall–Kier alpha value is -2.82. The van der Waals surface area contributed by atoms with Crippen molar-refractivity contribution in [1.29, 1.82) is 0 Å². The van der Waals surface area contributed by atoms with E-state index in [1.165, 1.54) is 0 Å². The fourth-order valence-corrected chi connectivity index (χ4v) is 2.95. The maximum atomic E-state index is 12.7. The van der Waals surface area contributed by atoms with Crippen LogP contribution in [0.3, 0.4) is 0 Å². The van der Waals surface area contributed by atoms with Crippen molar-refractivity contribution in [2.24, 2.45) is 0 Å². The smallest absolute Gasteiger partial charge is 0.313 e. The molecule has 5 heteroatoms. The van der Waals surface area contributed by atoms with Crippen LogP contribution in [0.15, 0.2) is 42.5 Å². The lowest BCUT2D eigenvalue weighted by atomic mass is 9.83. The molecule has 0 bridgehead atoms. The fourth-order valence-electron chi connectivity index (χ4n) is 2.95. The van der Waals surface area contributed by atoms with Crippen LogP contribution in [0.2, 0.25) is 0 Å². The second kappa shape index (κ2) is 6.24. The second-order valence-corrected chi connectivity index (χ2v) is 6.81. The first-order valence-corrected chi connectivity index (χ1v) is 8.12. The molecule has 1 aliphatic rings. The van der Waals surface area contributed by atoms with E-state index in [4.69, 9.17) is 4.74 Å². The molecule has 0 aromatic heterocycles. The monoisotopic (exact) mass is 339 g/mol. The van der Waals surface area contributed by atoms with Gasteiger partial charge < -0.3 is 14.7 Å². The molecular formula is C20H21NO4. The maximum Gasteiger partial charge on any atom is 0.313 e. The highest BCUT2D eigenvalue weighted by Crippen LogP contribution is 2.31. The molecule has 1 N–H and O–H groups in total. The van der Waals surface area contributed by atoms with Crippen LogP contribution in [0.5, 0.6) is 5.75 Å². The lowest BCUT2D eigenvalue weighted by Crippen LogP contribution is -2.28. The van der Waals surface area contributed by atoms with Gasteiger partial charge in [0.25, 0.3) is 5.91 Å². The predicted molar refractivity (Wildman–Crippen MR) is 93.7 cm³/mol. The number of carboxylic acid groups (broad SMARTS) is 1. The van der Waals surface area contributed by atoms with Crippen LogP contribution in [0, 0.1) is 0 Å². The van der Waals surface area contributed by atoms with Gasteiger partial charge in [-0.05, 0) is 48.7 Å². The van der Waals surface area contributed by atoms with Crippen LogP contribution in [0.1, 0.15) is 40.9 Å². The molecule has 0 radical (unpaired) electrons. The number of aliphatic carboxylic acids is 1. The highest BCUT2D eigenvalue weighted by atomic mass is 16.5. The Bertz CT molecular complexity index is 824. The van der Waals surface area contributed by atoms with Crippen molar-refractivity contribution in [2.45, 2.75) is 32.4 Å². The first kappa shape index (κ1) is 17.0. The Labute approximate surface area is 146 Å². The summed E-state index contributed by atoms with van der Waals surface area (Å²) in [6.45, 7) is 4.33. The molecule has 1 amide bonds. The van der Waals surface area contributed by atoms with E-state index >= 15 is 0 Å². The number of methoxy groups -OCH3 is 1. The van der Waals surface area contributed by atoms with Crippen molar-refractivity contribution >= 4 is 11.9 Å². The molecule has 0 spiro atoms. The van der Waals surface area contributed by atoms with Crippen molar-refractivity contribution in [2.75, 3.05) is 7.11 Å². The third-order valence-corrected chi connectivity index (χ3v) is 4.78. The Morgan fingerprint density at radius 1 is 1.20 bits per heavy atom. The minimum Gasteiger partial charge on any atom is -0.497 e. The van der Waals surface area contributed by atoms with E-state index in [2.05, 4.69) is 0 Å². The van der Waals surface area contributed by atoms with Gasteiger partial charge in [-0.15, -0.1) is 0 Å². The van der Waals surface area contributed by atoms with Crippen molar-refractivity contribution in [3.8, 4) is 5.75 Å². The Morgan fingerprint density at radius 2 is 1.88 bits per heavy atom. The summed E-state index contributed by atoms with van der Waals surface area (Å²) >= 11 is 0. The highest BCUT2D eigenvalue weighted by molar-refractivity contribution is 5.99. The van der Waals surface area contributed by atoms with Crippen molar-refractivity contribution in [1.82, 2.24) is 4.90 Å². The zero-order chi connectivity index (χ0) is 18.2. The number of fused-ring (bicyclic) bond motifs is 1. The first-order chi connectivity index (χ1) is 11.8. The van der Waals surface area contributed by atoms with Crippen LogP contribution in [-0.4, -0.2) is 29.0 Å². The van der Waals surface area contributed by atoms with E-state index in [0.717, 1.165) is 16.9 Å². The van der Waals surface area contributed by atoms with Gasteiger partial charge in [0.2, 0.25) is 0 Å². The van der Waals surface area contributed by atoms with Crippen LogP contribution in [-0.2, 0) is 23.3 Å². The van der Waals surface area contributed by atoms with E-state index < -0.39 is 11.4 Å². The number of hydrogen-bond donors (Lipinski definition) is 1. The minimum atomic E-state index is -1.03. The predicted octanol–water partition coefficient (Wildman–Crippen LogP) is 3.21. The molecule has 0 fully saturated rings. The Balaban J connectivity index is 1.82. The molecule has 0 unspecified atom stereocenters. The average molecular weight is 339 g/mol. The molecule has 3 rings (SSSR count). The number of benzene rings is 2. The number of hydrogen-bond acceptors (Lipinski definition) is 3. The van der Waals surface area contributed by atoms with Gasteiger partial charge in [-0.2, -0.15) is 0 Å². The first-order valence-electron chi connectivity index (χ1n) is 8.12. The Morgan fingerprint density at radius 3 is 2.48 bits per heavy atom. The van der Waals surface area contributed by atoms with Gasteiger partial charge in [0.05, 0.1) is 12.5 Å². The second-order valence-electron chi connectivity index (χ2n) is 6.81. The normalized spacial score (nSPS) is 13.7. The summed E-state index contributed by atoms with van der Waals surface area (Å²) < 4.78 is 5.15. The highest BCUT2D eigenvalue weighted by Gasteiger charge is 2.33.